The minimum Gasteiger partial charge on any atom is -0.495 e. The Balaban J connectivity index is 1.61. The van der Waals surface area contributed by atoms with E-state index in [2.05, 4.69) is 10.6 Å². The summed E-state index contributed by atoms with van der Waals surface area (Å²) in [5.41, 5.74) is 3.53. The topological polar surface area (TPSA) is 70.7 Å². The van der Waals surface area contributed by atoms with Gasteiger partial charge in [-0.1, -0.05) is 35.9 Å². The van der Waals surface area contributed by atoms with Gasteiger partial charge in [-0.05, 0) is 36.1 Å². The van der Waals surface area contributed by atoms with Crippen LogP contribution in [0.4, 0.5) is 5.69 Å². The molecule has 1 aliphatic heterocycles. The van der Waals surface area contributed by atoms with E-state index in [0.29, 0.717) is 23.4 Å². The van der Waals surface area contributed by atoms with Crippen LogP contribution in [0.3, 0.4) is 0 Å². The third-order valence-corrected chi connectivity index (χ3v) is 6.13. The molecule has 0 saturated carbocycles. The highest BCUT2D eigenvalue weighted by atomic mass is 32.1. The van der Waals surface area contributed by atoms with Crippen LogP contribution in [0, 0.1) is 6.92 Å². The molecule has 1 aliphatic rings. The number of aryl methyl sites for hydroxylation is 1. The second-order valence-electron chi connectivity index (χ2n) is 7.22. The van der Waals surface area contributed by atoms with Gasteiger partial charge < -0.3 is 20.3 Å². The number of rotatable bonds is 5. The van der Waals surface area contributed by atoms with Gasteiger partial charge in [0.15, 0.2) is 0 Å². The molecule has 4 rings (SSSR count). The molecule has 3 aromatic rings. The lowest BCUT2D eigenvalue weighted by Crippen LogP contribution is -2.40. The summed E-state index contributed by atoms with van der Waals surface area (Å²) >= 11 is 1.58. The van der Waals surface area contributed by atoms with Gasteiger partial charge in [0, 0.05) is 18.5 Å². The highest BCUT2D eigenvalue weighted by Gasteiger charge is 2.35. The number of carbonyl (C=O) groups is 2. The second kappa shape index (κ2) is 8.20. The molecule has 0 fully saturated rings. The lowest BCUT2D eigenvalue weighted by molar-refractivity contribution is 0.0734. The SMILES string of the molecule is COc1c(C(=O)NCc2ccc(C)cc2)ccc2c1C(=O)N(C)C(c1cccs1)N2. The van der Waals surface area contributed by atoms with Crippen molar-refractivity contribution < 1.29 is 14.3 Å². The lowest BCUT2D eigenvalue weighted by Gasteiger charge is -2.35. The van der Waals surface area contributed by atoms with Crippen molar-refractivity contribution in [1.82, 2.24) is 10.2 Å². The molecular formula is C23H23N3O3S. The Morgan fingerprint density at radius 3 is 2.63 bits per heavy atom. The first-order valence-electron chi connectivity index (χ1n) is 9.61. The molecule has 7 heteroatoms. The fraction of sp³-hybridized carbons (Fsp3) is 0.217. The van der Waals surface area contributed by atoms with Gasteiger partial charge in [-0.25, -0.2) is 0 Å². The number of methoxy groups -OCH3 is 1. The smallest absolute Gasteiger partial charge is 0.261 e. The number of amides is 2. The number of hydrogen-bond acceptors (Lipinski definition) is 5. The van der Waals surface area contributed by atoms with Crippen LogP contribution in [0.15, 0.2) is 53.9 Å². The summed E-state index contributed by atoms with van der Waals surface area (Å²) in [5, 5.41) is 8.28. The fourth-order valence-electron chi connectivity index (χ4n) is 3.54. The Bertz CT molecular complexity index is 1080. The van der Waals surface area contributed by atoms with Gasteiger partial charge in [-0.2, -0.15) is 0 Å². The first-order valence-corrected chi connectivity index (χ1v) is 10.5. The monoisotopic (exact) mass is 421 g/mol. The van der Waals surface area contributed by atoms with Crippen molar-refractivity contribution in [3.05, 3.63) is 81.0 Å². The molecule has 2 N–H and O–H groups in total. The van der Waals surface area contributed by atoms with Crippen molar-refractivity contribution in [2.45, 2.75) is 19.6 Å². The lowest BCUT2D eigenvalue weighted by atomic mass is 10.0. The summed E-state index contributed by atoms with van der Waals surface area (Å²) < 4.78 is 5.53. The second-order valence-corrected chi connectivity index (χ2v) is 8.19. The Morgan fingerprint density at radius 2 is 1.97 bits per heavy atom. The number of anilines is 1. The molecule has 0 saturated heterocycles. The molecule has 0 spiro atoms. The van der Waals surface area contributed by atoms with Crippen molar-refractivity contribution in [3.8, 4) is 5.75 Å². The first kappa shape index (κ1) is 20.0. The Hall–Kier alpha value is -3.32. The zero-order chi connectivity index (χ0) is 21.3. The number of thiophene rings is 1. The average molecular weight is 422 g/mol. The molecule has 0 radical (unpaired) electrons. The molecule has 6 nitrogen and oxygen atoms in total. The Kier molecular flexibility index (Phi) is 5.46. The molecule has 1 aromatic heterocycles. The number of carbonyl (C=O) groups excluding carboxylic acids is 2. The van der Waals surface area contributed by atoms with E-state index in [9.17, 15) is 9.59 Å². The van der Waals surface area contributed by atoms with Gasteiger partial charge in [0.2, 0.25) is 0 Å². The van der Waals surface area contributed by atoms with Crippen LogP contribution in [-0.4, -0.2) is 30.9 Å². The number of ether oxygens (including phenoxy) is 1. The molecule has 1 unspecified atom stereocenters. The highest BCUT2D eigenvalue weighted by molar-refractivity contribution is 7.10. The van der Waals surface area contributed by atoms with Crippen LogP contribution in [-0.2, 0) is 6.54 Å². The van der Waals surface area contributed by atoms with E-state index >= 15 is 0 Å². The van der Waals surface area contributed by atoms with E-state index in [1.54, 1.807) is 35.4 Å². The molecule has 0 aliphatic carbocycles. The predicted octanol–water partition coefficient (Wildman–Crippen LogP) is 4.19. The van der Waals surface area contributed by atoms with Gasteiger partial charge in [0.25, 0.3) is 11.8 Å². The summed E-state index contributed by atoms with van der Waals surface area (Å²) in [5.74, 6) is -0.193. The molecule has 0 bridgehead atoms. The number of hydrogen-bond donors (Lipinski definition) is 2. The van der Waals surface area contributed by atoms with Crippen LogP contribution in [0.2, 0.25) is 0 Å². The zero-order valence-electron chi connectivity index (χ0n) is 17.1. The van der Waals surface area contributed by atoms with Crippen molar-refractivity contribution in [3.63, 3.8) is 0 Å². The third kappa shape index (κ3) is 3.64. The quantitative estimate of drug-likeness (QED) is 0.648. The van der Waals surface area contributed by atoms with Gasteiger partial charge in [0.1, 0.15) is 17.5 Å². The zero-order valence-corrected chi connectivity index (χ0v) is 17.9. The van der Waals surface area contributed by atoms with Gasteiger partial charge in [-0.15, -0.1) is 11.3 Å². The minimum absolute atomic E-state index is 0.188. The maximum absolute atomic E-state index is 13.2. The average Bonchev–Trinajstić information content (AvgIpc) is 3.29. The Labute approximate surface area is 179 Å². The van der Waals surface area contributed by atoms with E-state index < -0.39 is 0 Å². The van der Waals surface area contributed by atoms with Gasteiger partial charge >= 0.3 is 0 Å². The van der Waals surface area contributed by atoms with Crippen LogP contribution in [0.25, 0.3) is 0 Å². The third-order valence-electron chi connectivity index (χ3n) is 5.21. The van der Waals surface area contributed by atoms with E-state index in [0.717, 1.165) is 16.0 Å². The largest absolute Gasteiger partial charge is 0.495 e. The van der Waals surface area contributed by atoms with Crippen LogP contribution >= 0.6 is 11.3 Å². The predicted molar refractivity (Wildman–Crippen MR) is 118 cm³/mol. The Morgan fingerprint density at radius 1 is 1.20 bits per heavy atom. The van der Waals surface area contributed by atoms with Crippen molar-refractivity contribution in [1.29, 1.82) is 0 Å². The number of nitrogens with one attached hydrogen (secondary N) is 2. The van der Waals surface area contributed by atoms with E-state index in [4.69, 9.17) is 4.74 Å². The standard InChI is InChI=1S/C23H23N3O3S/c1-14-6-8-15(9-7-14)13-24-22(27)16-10-11-17-19(20(16)29-3)23(28)26(2)21(25-17)18-5-4-12-30-18/h4-12,21,25H,13H2,1-3H3,(H,24,27). The van der Waals surface area contributed by atoms with Crippen molar-refractivity contribution in [2.24, 2.45) is 0 Å². The first-order chi connectivity index (χ1) is 14.5. The number of benzene rings is 2. The molecule has 154 valence electrons. The maximum Gasteiger partial charge on any atom is 0.261 e. The highest BCUT2D eigenvalue weighted by Crippen LogP contribution is 2.39. The summed E-state index contributed by atoms with van der Waals surface area (Å²) in [6.07, 6.45) is -0.254. The van der Waals surface area contributed by atoms with E-state index in [1.165, 1.54) is 7.11 Å². The summed E-state index contributed by atoms with van der Waals surface area (Å²) in [6, 6.07) is 15.4. The maximum atomic E-state index is 13.2. The normalized spacial score (nSPS) is 15.4. The van der Waals surface area contributed by atoms with Crippen LogP contribution < -0.4 is 15.4 Å². The van der Waals surface area contributed by atoms with Crippen LogP contribution in [0.5, 0.6) is 5.75 Å². The fourth-order valence-corrected chi connectivity index (χ4v) is 4.35. The molecule has 2 amide bonds. The number of nitrogens with zero attached hydrogens (tertiary/aromatic N) is 1. The molecule has 30 heavy (non-hydrogen) atoms. The molecule has 1 atom stereocenters. The van der Waals surface area contributed by atoms with Crippen LogP contribution in [0.1, 0.15) is 42.9 Å². The van der Waals surface area contributed by atoms with E-state index in [1.807, 2.05) is 48.7 Å². The minimum atomic E-state index is -0.286. The van der Waals surface area contributed by atoms with Gasteiger partial charge in [0.05, 0.1) is 18.4 Å². The molecular weight excluding hydrogens is 398 g/mol. The van der Waals surface area contributed by atoms with Gasteiger partial charge in [-0.3, -0.25) is 9.59 Å². The van der Waals surface area contributed by atoms with Crippen molar-refractivity contribution in [2.75, 3.05) is 19.5 Å². The van der Waals surface area contributed by atoms with Crippen molar-refractivity contribution >= 4 is 28.8 Å². The molecule has 2 aromatic carbocycles. The summed E-state index contributed by atoms with van der Waals surface area (Å²) in [4.78, 5) is 28.7. The number of fused-ring (bicyclic) bond motifs is 1. The summed E-state index contributed by atoms with van der Waals surface area (Å²) in [6.45, 7) is 2.41. The van der Waals surface area contributed by atoms with E-state index in [-0.39, 0.29) is 23.7 Å². The summed E-state index contributed by atoms with van der Waals surface area (Å²) in [7, 11) is 3.22. The molecule has 2 heterocycles.